The van der Waals surface area contributed by atoms with Crippen LogP contribution in [-0.4, -0.2) is 66.1 Å². The highest BCUT2D eigenvalue weighted by Gasteiger charge is 2.18. The summed E-state index contributed by atoms with van der Waals surface area (Å²) < 4.78 is 5.34. The number of aromatic nitrogens is 3. The molecule has 2 heterocycles. The number of nitrogens with one attached hydrogen (secondary N) is 1. The summed E-state index contributed by atoms with van der Waals surface area (Å²) in [4.78, 5) is 17.1. The monoisotopic (exact) mass is 297 g/mol. The van der Waals surface area contributed by atoms with Crippen LogP contribution in [0.1, 0.15) is 13.3 Å². The third-order valence-corrected chi connectivity index (χ3v) is 3.18. The number of nitrogens with two attached hydrogens (primary N) is 1. The number of anilines is 3. The van der Waals surface area contributed by atoms with Crippen LogP contribution in [0.15, 0.2) is 0 Å². The average molecular weight is 297 g/mol. The van der Waals surface area contributed by atoms with Gasteiger partial charge in [-0.3, -0.25) is 5.43 Å². The van der Waals surface area contributed by atoms with E-state index in [9.17, 15) is 5.11 Å². The zero-order valence-electron chi connectivity index (χ0n) is 12.3. The van der Waals surface area contributed by atoms with E-state index in [-0.39, 0.29) is 6.61 Å². The van der Waals surface area contributed by atoms with Crippen molar-refractivity contribution in [3.05, 3.63) is 0 Å². The second-order valence-electron chi connectivity index (χ2n) is 4.71. The van der Waals surface area contributed by atoms with Crippen LogP contribution in [0.3, 0.4) is 0 Å². The molecule has 118 valence electrons. The van der Waals surface area contributed by atoms with Crippen LogP contribution in [-0.2, 0) is 4.74 Å². The van der Waals surface area contributed by atoms with E-state index in [4.69, 9.17) is 10.6 Å². The van der Waals surface area contributed by atoms with Crippen LogP contribution in [0.2, 0.25) is 0 Å². The Balaban J connectivity index is 2.26. The number of morpholine rings is 1. The number of nitrogen functional groups attached to an aromatic ring is 1. The first kappa shape index (κ1) is 15.7. The van der Waals surface area contributed by atoms with Gasteiger partial charge in [-0.2, -0.15) is 15.0 Å². The van der Waals surface area contributed by atoms with Gasteiger partial charge in [-0.1, -0.05) is 6.92 Å². The highest BCUT2D eigenvalue weighted by atomic mass is 16.5. The topological polar surface area (TPSA) is 113 Å². The van der Waals surface area contributed by atoms with E-state index < -0.39 is 0 Å². The molecule has 2 rings (SSSR count). The Morgan fingerprint density at radius 2 is 2.05 bits per heavy atom. The summed E-state index contributed by atoms with van der Waals surface area (Å²) in [6.45, 7) is 6.13. The van der Waals surface area contributed by atoms with Crippen LogP contribution in [0.5, 0.6) is 0 Å². The molecular formula is C12H23N7O2. The number of ether oxygens (including phenoxy) is 1. The molecule has 4 N–H and O–H groups in total. The van der Waals surface area contributed by atoms with Gasteiger partial charge in [0.05, 0.1) is 19.8 Å². The van der Waals surface area contributed by atoms with Crippen LogP contribution in [0.4, 0.5) is 17.8 Å². The first-order chi connectivity index (χ1) is 10.3. The van der Waals surface area contributed by atoms with Gasteiger partial charge in [0.1, 0.15) is 0 Å². The number of rotatable bonds is 7. The van der Waals surface area contributed by atoms with Crippen molar-refractivity contribution in [3.63, 3.8) is 0 Å². The molecule has 0 aliphatic carbocycles. The maximum Gasteiger partial charge on any atom is 0.243 e. The maximum absolute atomic E-state index is 9.19. The standard InChI is InChI=1S/C12H23N7O2/c1-2-3-18(4-7-20)11-14-10(17-13)15-12(16-11)19-5-8-21-9-6-19/h20H,2-9,13H2,1H3,(H,14,15,16,17). The highest BCUT2D eigenvalue weighted by molar-refractivity contribution is 5.45. The fourth-order valence-electron chi connectivity index (χ4n) is 2.17. The van der Waals surface area contributed by atoms with E-state index in [1.54, 1.807) is 0 Å². The lowest BCUT2D eigenvalue weighted by Crippen LogP contribution is -2.38. The van der Waals surface area contributed by atoms with Crippen molar-refractivity contribution >= 4 is 17.8 Å². The summed E-state index contributed by atoms with van der Waals surface area (Å²) in [5, 5.41) is 9.19. The number of nitrogens with zero attached hydrogens (tertiary/aromatic N) is 5. The van der Waals surface area contributed by atoms with Crippen LogP contribution in [0.25, 0.3) is 0 Å². The molecule has 21 heavy (non-hydrogen) atoms. The van der Waals surface area contributed by atoms with Crippen molar-refractivity contribution in [1.29, 1.82) is 0 Å². The molecule has 0 spiro atoms. The molecule has 1 aliphatic heterocycles. The smallest absolute Gasteiger partial charge is 0.243 e. The molecule has 0 aromatic carbocycles. The van der Waals surface area contributed by atoms with Crippen LogP contribution >= 0.6 is 0 Å². The highest BCUT2D eigenvalue weighted by Crippen LogP contribution is 2.17. The summed E-state index contributed by atoms with van der Waals surface area (Å²) in [5.74, 6) is 6.87. The van der Waals surface area contributed by atoms with Gasteiger partial charge >= 0.3 is 0 Å². The van der Waals surface area contributed by atoms with Gasteiger partial charge in [0, 0.05) is 26.2 Å². The van der Waals surface area contributed by atoms with Gasteiger partial charge in [0.15, 0.2) is 0 Å². The Labute approximate surface area is 124 Å². The maximum atomic E-state index is 9.19. The number of aliphatic hydroxyl groups excluding tert-OH is 1. The minimum atomic E-state index is 0.0456. The molecule has 1 aliphatic rings. The minimum Gasteiger partial charge on any atom is -0.395 e. The van der Waals surface area contributed by atoms with E-state index in [0.29, 0.717) is 37.6 Å². The number of hydrogen-bond acceptors (Lipinski definition) is 9. The van der Waals surface area contributed by atoms with E-state index >= 15 is 0 Å². The molecule has 9 heteroatoms. The molecule has 1 saturated heterocycles. The molecule has 1 fully saturated rings. The lowest BCUT2D eigenvalue weighted by atomic mass is 10.4. The van der Waals surface area contributed by atoms with Gasteiger partial charge in [-0.05, 0) is 6.42 Å². The second-order valence-corrected chi connectivity index (χ2v) is 4.71. The molecule has 1 aromatic rings. The van der Waals surface area contributed by atoms with E-state index in [2.05, 4.69) is 27.3 Å². The molecular weight excluding hydrogens is 274 g/mol. The Morgan fingerprint density at radius 1 is 1.29 bits per heavy atom. The molecule has 0 amide bonds. The fourth-order valence-corrected chi connectivity index (χ4v) is 2.17. The van der Waals surface area contributed by atoms with E-state index in [0.717, 1.165) is 26.1 Å². The lowest BCUT2D eigenvalue weighted by molar-refractivity contribution is 0.122. The normalized spacial score (nSPS) is 15.1. The summed E-state index contributed by atoms with van der Waals surface area (Å²) in [7, 11) is 0. The van der Waals surface area contributed by atoms with Crippen LogP contribution in [0, 0.1) is 0 Å². The Kier molecular flexibility index (Phi) is 5.90. The van der Waals surface area contributed by atoms with Crippen molar-refractivity contribution < 1.29 is 9.84 Å². The molecule has 0 radical (unpaired) electrons. The average Bonchev–Trinajstić information content (AvgIpc) is 2.55. The van der Waals surface area contributed by atoms with Crippen molar-refractivity contribution in [3.8, 4) is 0 Å². The van der Waals surface area contributed by atoms with Crippen LogP contribution < -0.4 is 21.1 Å². The van der Waals surface area contributed by atoms with Crippen molar-refractivity contribution in [2.45, 2.75) is 13.3 Å². The van der Waals surface area contributed by atoms with Gasteiger partial charge in [0.2, 0.25) is 17.8 Å². The van der Waals surface area contributed by atoms with Gasteiger partial charge in [-0.15, -0.1) is 0 Å². The van der Waals surface area contributed by atoms with Crippen molar-refractivity contribution in [2.24, 2.45) is 5.84 Å². The molecule has 0 bridgehead atoms. The predicted octanol–water partition coefficient (Wildman–Crippen LogP) is -0.797. The lowest BCUT2D eigenvalue weighted by Gasteiger charge is -2.28. The number of hydrazine groups is 1. The SMILES string of the molecule is CCCN(CCO)c1nc(NN)nc(N2CCOCC2)n1. The predicted molar refractivity (Wildman–Crippen MR) is 80.3 cm³/mol. The summed E-state index contributed by atoms with van der Waals surface area (Å²) >= 11 is 0. The van der Waals surface area contributed by atoms with E-state index in [1.807, 2.05) is 9.80 Å². The molecule has 9 nitrogen and oxygen atoms in total. The molecule has 1 aromatic heterocycles. The first-order valence-electron chi connectivity index (χ1n) is 7.19. The second kappa shape index (κ2) is 7.91. The first-order valence-corrected chi connectivity index (χ1v) is 7.19. The third-order valence-electron chi connectivity index (χ3n) is 3.18. The van der Waals surface area contributed by atoms with Gasteiger partial charge < -0.3 is 19.6 Å². The molecule has 0 saturated carbocycles. The Morgan fingerprint density at radius 3 is 2.67 bits per heavy atom. The Bertz CT molecular complexity index is 434. The zero-order chi connectivity index (χ0) is 15.1. The van der Waals surface area contributed by atoms with Crippen molar-refractivity contribution in [1.82, 2.24) is 15.0 Å². The molecule has 0 atom stereocenters. The Hall–Kier alpha value is -1.71. The third kappa shape index (κ3) is 4.13. The number of aliphatic hydroxyl groups is 1. The largest absolute Gasteiger partial charge is 0.395 e. The quantitative estimate of drug-likeness (QED) is 0.440. The van der Waals surface area contributed by atoms with Gasteiger partial charge in [-0.25, -0.2) is 5.84 Å². The summed E-state index contributed by atoms with van der Waals surface area (Å²) in [5.41, 5.74) is 2.48. The van der Waals surface area contributed by atoms with Crippen molar-refractivity contribution in [2.75, 3.05) is 61.2 Å². The number of hydrogen-bond donors (Lipinski definition) is 3. The zero-order valence-corrected chi connectivity index (χ0v) is 12.3. The van der Waals surface area contributed by atoms with Gasteiger partial charge in [0.25, 0.3) is 0 Å². The fraction of sp³-hybridized carbons (Fsp3) is 0.750. The molecule has 0 unspecified atom stereocenters. The van der Waals surface area contributed by atoms with E-state index in [1.165, 1.54) is 0 Å². The summed E-state index contributed by atoms with van der Waals surface area (Å²) in [6, 6.07) is 0. The minimum absolute atomic E-state index is 0.0456. The summed E-state index contributed by atoms with van der Waals surface area (Å²) in [6.07, 6.45) is 0.934.